The summed E-state index contributed by atoms with van der Waals surface area (Å²) in [4.78, 5) is 12.6. The zero-order chi connectivity index (χ0) is 30.5. The Bertz CT molecular complexity index is 875. The summed E-state index contributed by atoms with van der Waals surface area (Å²) in [6.07, 6.45) is -7.31. The zero-order valence-electron chi connectivity index (χ0n) is 23.5. The van der Waals surface area contributed by atoms with Crippen molar-refractivity contribution in [3.05, 3.63) is 0 Å². The molecule has 0 aromatic carbocycles. The highest BCUT2D eigenvalue weighted by atomic mass is 19.1. The Hall–Kier alpha value is -1.41. The molecule has 3 aliphatic rings. The molecule has 1 saturated carbocycles. The Balaban J connectivity index is 1.77. The minimum atomic E-state index is -1.50. The van der Waals surface area contributed by atoms with Crippen LogP contribution in [0, 0.1) is 11.3 Å². The number of carbonyl (C=O) groups excluding carboxylic acids is 1. The van der Waals surface area contributed by atoms with E-state index < -0.39 is 85.3 Å². The molecule has 3 rings (SSSR count). The lowest BCUT2D eigenvalue weighted by molar-refractivity contribution is -0.314. The molecule has 2 aliphatic heterocycles. The van der Waals surface area contributed by atoms with Crippen LogP contribution in [0.3, 0.4) is 0 Å². The Morgan fingerprint density at radius 2 is 1.85 bits per heavy atom. The van der Waals surface area contributed by atoms with Crippen molar-refractivity contribution in [3.8, 4) is 0 Å². The average molecular weight is 595 g/mol. The van der Waals surface area contributed by atoms with Gasteiger partial charge in [0.1, 0.15) is 37.2 Å². The van der Waals surface area contributed by atoms with Crippen LogP contribution in [0.1, 0.15) is 46.0 Å². The van der Waals surface area contributed by atoms with Gasteiger partial charge >= 0.3 is 0 Å². The molecule has 13 N–H and O–H groups in total. The smallest absolute Gasteiger partial charge is 0.250 e. The summed E-state index contributed by atoms with van der Waals surface area (Å²) in [5, 5.41) is 53.0. The lowest BCUT2D eigenvalue weighted by Gasteiger charge is -2.48. The number of rotatable bonds is 12. The topological polar surface area (TPSA) is 261 Å². The van der Waals surface area contributed by atoms with Crippen molar-refractivity contribution in [2.75, 3.05) is 19.8 Å². The zero-order valence-corrected chi connectivity index (χ0v) is 23.5. The van der Waals surface area contributed by atoms with Gasteiger partial charge in [-0.05, 0) is 39.0 Å². The molecule has 1 aliphatic carbocycles. The number of alkyl halides is 1. The lowest BCUT2D eigenvalue weighted by Crippen LogP contribution is -2.68. The van der Waals surface area contributed by atoms with Gasteiger partial charge in [0.25, 0.3) is 5.91 Å². The summed E-state index contributed by atoms with van der Waals surface area (Å²) < 4.78 is 36.4. The van der Waals surface area contributed by atoms with Crippen LogP contribution in [-0.2, 0) is 23.7 Å². The molecule has 2 saturated heterocycles. The molecule has 41 heavy (non-hydrogen) atoms. The Morgan fingerprint density at radius 3 is 2.51 bits per heavy atom. The number of aliphatic hydroxyl groups is 4. The van der Waals surface area contributed by atoms with Crippen LogP contribution in [-0.4, -0.2) is 125 Å². The maximum atomic E-state index is 12.7. The second kappa shape index (κ2) is 14.9. The Labute approximate surface area is 238 Å². The van der Waals surface area contributed by atoms with E-state index in [1.165, 1.54) is 6.92 Å². The summed E-state index contributed by atoms with van der Waals surface area (Å²) in [6.45, 7) is 1.94. The Kier molecular flexibility index (Phi) is 12.3. The highest BCUT2D eigenvalue weighted by molar-refractivity contribution is 5.82. The number of nitrogens with two attached hydrogens (primary N) is 3. The Morgan fingerprint density at radius 1 is 1.17 bits per heavy atom. The van der Waals surface area contributed by atoms with Gasteiger partial charge in [0.15, 0.2) is 12.6 Å². The van der Waals surface area contributed by atoms with Gasteiger partial charge in [-0.2, -0.15) is 0 Å². The van der Waals surface area contributed by atoms with E-state index in [2.05, 4.69) is 10.7 Å². The number of halogens is 1. The van der Waals surface area contributed by atoms with Gasteiger partial charge in [-0.1, -0.05) is 6.92 Å². The van der Waals surface area contributed by atoms with Gasteiger partial charge < -0.3 is 61.6 Å². The predicted molar refractivity (Wildman–Crippen MR) is 143 cm³/mol. The number of amides is 1. The molecule has 3 fully saturated rings. The third-order valence-corrected chi connectivity index (χ3v) is 8.28. The number of ether oxygens (including phenoxy) is 4. The number of carbonyl (C=O) groups is 1. The van der Waals surface area contributed by atoms with Crippen molar-refractivity contribution in [3.63, 3.8) is 0 Å². The molecule has 2 heterocycles. The predicted octanol–water partition coefficient (Wildman–Crippen LogP) is -3.14. The van der Waals surface area contributed by atoms with E-state index in [9.17, 15) is 29.6 Å². The standard InChI is InChI=1S/C25H47FN6O9/c1-11-18(34)24(38-10-25(11,2)37)41-21-16(32-22(36)17(33)9-31-30)7-15(29)20(19(21)35)40-23-14(28)6-5-13(39-23)4-3-12(27)8-26/h11,13-21,23-24,27,31,33-35,37H,3-10,28-30H2,1-2H3,(H,32,36)/t11-,13-,14?,15+,16-,17+,18?,19?,20?,21?,23-,24-,25?/m1/s1. The molecule has 0 aromatic rings. The number of hydrogen-bond donors (Lipinski definition) is 10. The average Bonchev–Trinajstić information content (AvgIpc) is 2.93. The molecular formula is C25H47FN6O9. The van der Waals surface area contributed by atoms with Gasteiger partial charge in [-0.15, -0.1) is 0 Å². The summed E-state index contributed by atoms with van der Waals surface area (Å²) in [6, 6.07) is -2.32. The van der Waals surface area contributed by atoms with Crippen molar-refractivity contribution >= 4 is 11.6 Å². The third kappa shape index (κ3) is 8.58. The van der Waals surface area contributed by atoms with Crippen molar-refractivity contribution in [1.82, 2.24) is 10.7 Å². The number of hydrazine groups is 1. The fourth-order valence-corrected chi connectivity index (χ4v) is 5.36. The number of nitrogens with one attached hydrogen (secondary N) is 3. The van der Waals surface area contributed by atoms with Crippen molar-refractivity contribution in [2.24, 2.45) is 23.2 Å². The van der Waals surface area contributed by atoms with Crippen molar-refractivity contribution in [1.29, 1.82) is 5.41 Å². The van der Waals surface area contributed by atoms with Crippen molar-refractivity contribution in [2.45, 2.75) is 119 Å². The molecular weight excluding hydrogens is 547 g/mol. The van der Waals surface area contributed by atoms with E-state index in [4.69, 9.17) is 41.7 Å². The molecule has 6 unspecified atom stereocenters. The van der Waals surface area contributed by atoms with E-state index in [-0.39, 0.29) is 37.8 Å². The van der Waals surface area contributed by atoms with Crippen LogP contribution in [0.15, 0.2) is 0 Å². The first kappa shape index (κ1) is 34.1. The third-order valence-electron chi connectivity index (χ3n) is 8.28. The van der Waals surface area contributed by atoms with Crippen LogP contribution < -0.4 is 28.1 Å². The molecule has 15 nitrogen and oxygen atoms in total. The maximum Gasteiger partial charge on any atom is 0.250 e. The van der Waals surface area contributed by atoms with Gasteiger partial charge in [-0.25, -0.2) is 4.39 Å². The van der Waals surface area contributed by atoms with Crippen LogP contribution in [0.5, 0.6) is 0 Å². The summed E-state index contributed by atoms with van der Waals surface area (Å²) in [7, 11) is 0. The van der Waals surface area contributed by atoms with Crippen LogP contribution in [0.25, 0.3) is 0 Å². The molecule has 1 amide bonds. The molecule has 0 radical (unpaired) electrons. The molecule has 16 heteroatoms. The quantitative estimate of drug-likeness (QED) is 0.0609. The summed E-state index contributed by atoms with van der Waals surface area (Å²) in [5.41, 5.74) is 13.5. The van der Waals surface area contributed by atoms with Gasteiger partial charge in [0.05, 0.1) is 30.4 Å². The minimum Gasteiger partial charge on any atom is -0.388 e. The minimum absolute atomic E-state index is 0.0333. The highest BCUT2D eigenvalue weighted by Crippen LogP contribution is 2.34. The second-order valence-electron chi connectivity index (χ2n) is 11.6. The van der Waals surface area contributed by atoms with E-state index >= 15 is 0 Å². The van der Waals surface area contributed by atoms with Crippen LogP contribution >= 0.6 is 0 Å². The summed E-state index contributed by atoms with van der Waals surface area (Å²) in [5.74, 6) is 3.77. The molecule has 0 spiro atoms. The SMILES string of the molecule is C[C@@H]1C(O)[C@@H](OC2C(O)C(O[C@H]3O[C@H](CCC(=N)CF)CCC3N)[C@@H](N)C[C@H]2NC(=O)[C@@H](O)CNN)OCC1(C)O. The second-order valence-corrected chi connectivity index (χ2v) is 11.6. The van der Waals surface area contributed by atoms with E-state index in [1.807, 2.05) is 0 Å². The van der Waals surface area contributed by atoms with Crippen LogP contribution in [0.4, 0.5) is 4.39 Å². The lowest BCUT2D eigenvalue weighted by atomic mass is 9.82. The van der Waals surface area contributed by atoms with Gasteiger partial charge in [-0.3, -0.25) is 16.1 Å². The fraction of sp³-hybridized carbons (Fsp3) is 0.920. The van der Waals surface area contributed by atoms with Gasteiger partial charge in [0.2, 0.25) is 0 Å². The van der Waals surface area contributed by atoms with Crippen LogP contribution in [0.2, 0.25) is 0 Å². The number of hydrogen-bond acceptors (Lipinski definition) is 14. The maximum absolute atomic E-state index is 12.7. The monoisotopic (exact) mass is 594 g/mol. The van der Waals surface area contributed by atoms with E-state index in [0.717, 1.165) is 0 Å². The normalized spacial score (nSPS) is 42.4. The van der Waals surface area contributed by atoms with E-state index in [0.29, 0.717) is 19.3 Å². The van der Waals surface area contributed by atoms with Gasteiger partial charge in [0, 0.05) is 24.2 Å². The summed E-state index contributed by atoms with van der Waals surface area (Å²) >= 11 is 0. The molecule has 13 atom stereocenters. The largest absolute Gasteiger partial charge is 0.388 e. The van der Waals surface area contributed by atoms with Crippen molar-refractivity contribution < 1.29 is 48.6 Å². The molecule has 0 aromatic heterocycles. The molecule has 238 valence electrons. The van der Waals surface area contributed by atoms with E-state index in [1.54, 1.807) is 6.92 Å². The first-order valence-electron chi connectivity index (χ1n) is 14.0. The number of aliphatic hydroxyl groups excluding tert-OH is 3. The first-order chi connectivity index (χ1) is 19.3. The highest BCUT2D eigenvalue weighted by Gasteiger charge is 2.51. The first-order valence-corrected chi connectivity index (χ1v) is 14.0. The molecule has 0 bridgehead atoms. The fourth-order valence-electron chi connectivity index (χ4n) is 5.36.